The standard InChI is InChI=1S/C12H14BrN3O3/c13-9-1-2-10(14-7-9)12(19)16-5-3-15(4-6-16)8-11(17)18/h1-2,7H,3-6,8H2,(H,17,18). The van der Waals surface area contributed by atoms with Gasteiger partial charge in [0.15, 0.2) is 0 Å². The SMILES string of the molecule is O=C(O)CN1CCN(C(=O)c2ccc(Br)cn2)CC1. The lowest BCUT2D eigenvalue weighted by Crippen LogP contribution is -2.50. The minimum atomic E-state index is -0.839. The third-order valence-corrected chi connectivity index (χ3v) is 3.43. The number of hydrogen-bond donors (Lipinski definition) is 1. The second-order valence-electron chi connectivity index (χ2n) is 4.32. The van der Waals surface area contributed by atoms with Gasteiger partial charge in [-0.05, 0) is 28.1 Å². The number of carboxylic acid groups (broad SMARTS) is 1. The van der Waals surface area contributed by atoms with Crippen molar-refractivity contribution in [3.05, 3.63) is 28.5 Å². The fraction of sp³-hybridized carbons (Fsp3) is 0.417. The van der Waals surface area contributed by atoms with E-state index in [1.165, 1.54) is 0 Å². The monoisotopic (exact) mass is 327 g/mol. The van der Waals surface area contributed by atoms with E-state index in [9.17, 15) is 9.59 Å². The minimum absolute atomic E-state index is 0.0264. The molecular weight excluding hydrogens is 314 g/mol. The summed E-state index contributed by atoms with van der Waals surface area (Å²) in [5.41, 5.74) is 0.412. The highest BCUT2D eigenvalue weighted by molar-refractivity contribution is 9.10. The summed E-state index contributed by atoms with van der Waals surface area (Å²) in [6.45, 7) is 2.25. The molecule has 0 saturated carbocycles. The van der Waals surface area contributed by atoms with Crippen LogP contribution in [0.2, 0.25) is 0 Å². The van der Waals surface area contributed by atoms with Gasteiger partial charge >= 0.3 is 5.97 Å². The summed E-state index contributed by atoms with van der Waals surface area (Å²) in [5, 5.41) is 8.71. The Morgan fingerprint density at radius 1 is 1.26 bits per heavy atom. The molecule has 0 atom stereocenters. The lowest BCUT2D eigenvalue weighted by molar-refractivity contribution is -0.138. The zero-order valence-corrected chi connectivity index (χ0v) is 11.8. The first-order chi connectivity index (χ1) is 9.06. The van der Waals surface area contributed by atoms with Gasteiger partial charge in [0, 0.05) is 36.8 Å². The van der Waals surface area contributed by atoms with Gasteiger partial charge in [0.25, 0.3) is 5.91 Å². The van der Waals surface area contributed by atoms with E-state index in [1.54, 1.807) is 23.2 Å². The smallest absolute Gasteiger partial charge is 0.317 e. The first kappa shape index (κ1) is 14.0. The molecule has 0 radical (unpaired) electrons. The number of amides is 1. The molecule has 1 aliphatic rings. The maximum absolute atomic E-state index is 12.2. The first-order valence-electron chi connectivity index (χ1n) is 5.91. The van der Waals surface area contributed by atoms with Gasteiger partial charge < -0.3 is 10.0 Å². The Morgan fingerprint density at radius 3 is 2.47 bits per heavy atom. The number of rotatable bonds is 3. The third-order valence-electron chi connectivity index (χ3n) is 2.96. The molecular formula is C12H14BrN3O3. The summed E-state index contributed by atoms with van der Waals surface area (Å²) >= 11 is 3.27. The van der Waals surface area contributed by atoms with Crippen LogP contribution in [0.15, 0.2) is 22.8 Å². The lowest BCUT2D eigenvalue weighted by atomic mass is 10.2. The average Bonchev–Trinajstić information content (AvgIpc) is 2.39. The molecule has 1 aromatic rings. The Labute approximate surface area is 119 Å². The first-order valence-corrected chi connectivity index (χ1v) is 6.70. The Kier molecular flexibility index (Phi) is 4.49. The van der Waals surface area contributed by atoms with E-state index in [1.807, 2.05) is 4.90 Å². The van der Waals surface area contributed by atoms with E-state index in [0.29, 0.717) is 31.9 Å². The van der Waals surface area contributed by atoms with Gasteiger partial charge in [0.1, 0.15) is 5.69 Å². The normalized spacial score (nSPS) is 16.4. The Bertz CT molecular complexity index is 470. The molecule has 1 saturated heterocycles. The summed E-state index contributed by atoms with van der Waals surface area (Å²) < 4.78 is 0.829. The minimum Gasteiger partial charge on any atom is -0.480 e. The summed E-state index contributed by atoms with van der Waals surface area (Å²) in [4.78, 5) is 30.4. The molecule has 0 aromatic carbocycles. The predicted molar refractivity (Wildman–Crippen MR) is 71.9 cm³/mol. The topological polar surface area (TPSA) is 73.7 Å². The summed E-state index contributed by atoms with van der Waals surface area (Å²) in [6, 6.07) is 3.46. The van der Waals surface area contributed by atoms with Gasteiger partial charge in [-0.3, -0.25) is 14.5 Å². The number of aliphatic carboxylic acids is 1. The van der Waals surface area contributed by atoms with Gasteiger partial charge in [-0.15, -0.1) is 0 Å². The molecule has 1 aliphatic heterocycles. The van der Waals surface area contributed by atoms with Crippen LogP contribution in [0.3, 0.4) is 0 Å². The fourth-order valence-corrected chi connectivity index (χ4v) is 2.20. The number of nitrogens with zero attached hydrogens (tertiary/aromatic N) is 3. The van der Waals surface area contributed by atoms with Crippen LogP contribution < -0.4 is 0 Å². The van der Waals surface area contributed by atoms with Gasteiger partial charge in [-0.2, -0.15) is 0 Å². The van der Waals surface area contributed by atoms with Crippen LogP contribution in [-0.2, 0) is 4.79 Å². The molecule has 2 heterocycles. The van der Waals surface area contributed by atoms with Crippen molar-refractivity contribution in [1.29, 1.82) is 0 Å². The summed E-state index contributed by atoms with van der Waals surface area (Å²) in [5.74, 6) is -0.947. The van der Waals surface area contributed by atoms with E-state index >= 15 is 0 Å². The highest BCUT2D eigenvalue weighted by atomic mass is 79.9. The number of hydrogen-bond acceptors (Lipinski definition) is 4. The summed E-state index contributed by atoms with van der Waals surface area (Å²) in [7, 11) is 0. The Balaban J connectivity index is 1.92. The molecule has 1 N–H and O–H groups in total. The van der Waals surface area contributed by atoms with Crippen LogP contribution in [0.5, 0.6) is 0 Å². The van der Waals surface area contributed by atoms with Gasteiger partial charge in [-0.25, -0.2) is 4.98 Å². The maximum Gasteiger partial charge on any atom is 0.317 e. The van der Waals surface area contributed by atoms with E-state index in [0.717, 1.165) is 4.47 Å². The quantitative estimate of drug-likeness (QED) is 0.884. The van der Waals surface area contributed by atoms with Gasteiger partial charge in [-0.1, -0.05) is 0 Å². The zero-order chi connectivity index (χ0) is 13.8. The molecule has 1 fully saturated rings. The molecule has 6 nitrogen and oxygen atoms in total. The number of piperazine rings is 1. The molecule has 0 bridgehead atoms. The molecule has 1 amide bonds. The number of carbonyl (C=O) groups excluding carboxylic acids is 1. The third kappa shape index (κ3) is 3.74. The van der Waals surface area contributed by atoms with Crippen molar-refractivity contribution in [3.63, 3.8) is 0 Å². The molecule has 0 unspecified atom stereocenters. The van der Waals surface area contributed by atoms with E-state index in [-0.39, 0.29) is 12.5 Å². The Hall–Kier alpha value is -1.47. The summed E-state index contributed by atoms with van der Waals surface area (Å²) in [6.07, 6.45) is 1.59. The van der Waals surface area contributed by atoms with Crippen LogP contribution in [-0.4, -0.2) is 64.5 Å². The van der Waals surface area contributed by atoms with Crippen LogP contribution in [0.4, 0.5) is 0 Å². The largest absolute Gasteiger partial charge is 0.480 e. The van der Waals surface area contributed by atoms with Crippen molar-refractivity contribution >= 4 is 27.8 Å². The number of halogens is 1. The number of pyridine rings is 1. The Morgan fingerprint density at radius 2 is 1.95 bits per heavy atom. The van der Waals surface area contributed by atoms with Crippen molar-refractivity contribution in [2.24, 2.45) is 0 Å². The van der Waals surface area contributed by atoms with Crippen molar-refractivity contribution in [2.45, 2.75) is 0 Å². The molecule has 2 rings (SSSR count). The predicted octanol–water partition coefficient (Wildman–Crippen LogP) is 0.687. The van der Waals surface area contributed by atoms with Crippen LogP contribution in [0, 0.1) is 0 Å². The maximum atomic E-state index is 12.2. The van der Waals surface area contributed by atoms with Crippen LogP contribution in [0.1, 0.15) is 10.5 Å². The van der Waals surface area contributed by atoms with Crippen LogP contribution in [0.25, 0.3) is 0 Å². The fourth-order valence-electron chi connectivity index (χ4n) is 1.96. The van der Waals surface area contributed by atoms with Crippen molar-refractivity contribution in [1.82, 2.24) is 14.8 Å². The highest BCUT2D eigenvalue weighted by Gasteiger charge is 2.23. The van der Waals surface area contributed by atoms with Crippen LogP contribution >= 0.6 is 15.9 Å². The van der Waals surface area contributed by atoms with Crippen molar-refractivity contribution in [2.75, 3.05) is 32.7 Å². The molecule has 0 aliphatic carbocycles. The van der Waals surface area contributed by atoms with E-state index in [4.69, 9.17) is 5.11 Å². The second kappa shape index (κ2) is 6.12. The molecule has 7 heteroatoms. The van der Waals surface area contributed by atoms with Crippen molar-refractivity contribution in [3.8, 4) is 0 Å². The molecule has 0 spiro atoms. The number of carbonyl (C=O) groups is 2. The molecule has 1 aromatic heterocycles. The number of aromatic nitrogens is 1. The molecule has 19 heavy (non-hydrogen) atoms. The lowest BCUT2D eigenvalue weighted by Gasteiger charge is -2.33. The zero-order valence-electron chi connectivity index (χ0n) is 10.3. The molecule has 102 valence electrons. The second-order valence-corrected chi connectivity index (χ2v) is 5.24. The highest BCUT2D eigenvalue weighted by Crippen LogP contribution is 2.11. The van der Waals surface area contributed by atoms with Crippen molar-refractivity contribution < 1.29 is 14.7 Å². The van der Waals surface area contributed by atoms with E-state index < -0.39 is 5.97 Å². The van der Waals surface area contributed by atoms with E-state index in [2.05, 4.69) is 20.9 Å². The average molecular weight is 328 g/mol. The van der Waals surface area contributed by atoms with Gasteiger partial charge in [0.2, 0.25) is 0 Å². The number of carboxylic acids is 1. The van der Waals surface area contributed by atoms with Gasteiger partial charge in [0.05, 0.1) is 6.54 Å².